The van der Waals surface area contributed by atoms with Crippen LogP contribution >= 0.6 is 0 Å². The standard InChI is InChI=1S/C22H26N4O2/c1-4-25(15-17-10-6-5-7-11-17)22(28)19-18-12-8-9-13-26(18)20(24-19)21(27)23-14-16(2)3/h5-13,16H,4,14-15H2,1-3H3,(H,23,27). The molecule has 0 aliphatic rings. The fraction of sp³-hybridized carbons (Fsp3) is 0.318. The van der Waals surface area contributed by atoms with E-state index in [1.807, 2.05) is 69.3 Å². The molecule has 1 aromatic carbocycles. The maximum absolute atomic E-state index is 13.2. The van der Waals surface area contributed by atoms with Crippen molar-refractivity contribution in [2.75, 3.05) is 13.1 Å². The van der Waals surface area contributed by atoms with Crippen LogP contribution in [-0.2, 0) is 6.54 Å². The van der Waals surface area contributed by atoms with Crippen molar-refractivity contribution in [2.45, 2.75) is 27.3 Å². The molecule has 6 nitrogen and oxygen atoms in total. The molecule has 2 aromatic heterocycles. The minimum absolute atomic E-state index is 0.182. The Balaban J connectivity index is 1.93. The van der Waals surface area contributed by atoms with Gasteiger partial charge in [0.1, 0.15) is 0 Å². The molecule has 0 saturated carbocycles. The summed E-state index contributed by atoms with van der Waals surface area (Å²) < 4.78 is 1.68. The van der Waals surface area contributed by atoms with Crippen LogP contribution in [0.3, 0.4) is 0 Å². The number of hydrogen-bond donors (Lipinski definition) is 1. The summed E-state index contributed by atoms with van der Waals surface area (Å²) >= 11 is 0. The first-order chi connectivity index (χ1) is 13.5. The van der Waals surface area contributed by atoms with E-state index >= 15 is 0 Å². The fourth-order valence-electron chi connectivity index (χ4n) is 3.01. The van der Waals surface area contributed by atoms with Gasteiger partial charge in [-0.3, -0.25) is 14.0 Å². The molecule has 146 valence electrons. The molecular weight excluding hydrogens is 352 g/mol. The second kappa shape index (κ2) is 8.69. The lowest BCUT2D eigenvalue weighted by molar-refractivity contribution is 0.0749. The Labute approximate surface area is 165 Å². The summed E-state index contributed by atoms with van der Waals surface area (Å²) in [7, 11) is 0. The smallest absolute Gasteiger partial charge is 0.287 e. The molecule has 3 rings (SSSR count). The van der Waals surface area contributed by atoms with Gasteiger partial charge in [0, 0.05) is 25.8 Å². The summed E-state index contributed by atoms with van der Waals surface area (Å²) in [5.74, 6) is 0.103. The third-order valence-corrected chi connectivity index (χ3v) is 4.51. The number of carbonyl (C=O) groups is 2. The van der Waals surface area contributed by atoms with E-state index in [-0.39, 0.29) is 17.6 Å². The SMILES string of the molecule is CCN(Cc1ccccc1)C(=O)c1nc(C(=O)NCC(C)C)n2ccccc12. The van der Waals surface area contributed by atoms with E-state index in [9.17, 15) is 9.59 Å². The number of aromatic nitrogens is 2. The van der Waals surface area contributed by atoms with Crippen molar-refractivity contribution in [2.24, 2.45) is 5.92 Å². The first-order valence-electron chi connectivity index (χ1n) is 9.59. The van der Waals surface area contributed by atoms with Gasteiger partial charge in [0.05, 0.1) is 5.52 Å². The van der Waals surface area contributed by atoms with Crippen molar-refractivity contribution in [3.05, 3.63) is 71.8 Å². The van der Waals surface area contributed by atoms with Crippen LogP contribution in [0.2, 0.25) is 0 Å². The minimum Gasteiger partial charge on any atom is -0.349 e. The molecule has 0 radical (unpaired) electrons. The van der Waals surface area contributed by atoms with Gasteiger partial charge in [0.15, 0.2) is 5.69 Å². The summed E-state index contributed by atoms with van der Waals surface area (Å²) in [5.41, 5.74) is 1.98. The number of rotatable bonds is 7. The normalized spacial score (nSPS) is 11.0. The minimum atomic E-state index is -0.278. The maximum Gasteiger partial charge on any atom is 0.287 e. The topological polar surface area (TPSA) is 66.7 Å². The molecule has 1 N–H and O–H groups in total. The monoisotopic (exact) mass is 378 g/mol. The molecule has 3 aromatic rings. The molecule has 0 bridgehead atoms. The van der Waals surface area contributed by atoms with Crippen LogP contribution in [0.4, 0.5) is 0 Å². The van der Waals surface area contributed by atoms with Gasteiger partial charge in [0.25, 0.3) is 11.8 Å². The van der Waals surface area contributed by atoms with Gasteiger partial charge in [-0.2, -0.15) is 0 Å². The average Bonchev–Trinajstić information content (AvgIpc) is 3.10. The van der Waals surface area contributed by atoms with E-state index in [0.717, 1.165) is 5.56 Å². The zero-order valence-electron chi connectivity index (χ0n) is 16.6. The predicted octanol–water partition coefficient (Wildman–Crippen LogP) is 3.38. The Bertz CT molecular complexity index is 963. The van der Waals surface area contributed by atoms with E-state index in [1.165, 1.54) is 0 Å². The predicted molar refractivity (Wildman–Crippen MR) is 109 cm³/mol. The molecule has 0 saturated heterocycles. The number of benzene rings is 1. The van der Waals surface area contributed by atoms with Crippen LogP contribution in [0, 0.1) is 5.92 Å². The Hall–Kier alpha value is -3.15. The maximum atomic E-state index is 13.2. The molecule has 0 aliphatic carbocycles. The summed E-state index contributed by atoms with van der Waals surface area (Å²) in [4.78, 5) is 32.0. The van der Waals surface area contributed by atoms with Gasteiger partial charge in [-0.05, 0) is 30.5 Å². The van der Waals surface area contributed by atoms with Crippen molar-refractivity contribution >= 4 is 17.3 Å². The van der Waals surface area contributed by atoms with Gasteiger partial charge in [-0.15, -0.1) is 0 Å². The lowest BCUT2D eigenvalue weighted by Crippen LogP contribution is -2.31. The number of fused-ring (bicyclic) bond motifs is 1. The van der Waals surface area contributed by atoms with E-state index in [2.05, 4.69) is 10.3 Å². The molecule has 6 heteroatoms. The van der Waals surface area contributed by atoms with Crippen LogP contribution in [0.25, 0.3) is 5.52 Å². The highest BCUT2D eigenvalue weighted by molar-refractivity contribution is 6.02. The van der Waals surface area contributed by atoms with Crippen LogP contribution in [0.1, 0.15) is 47.4 Å². The van der Waals surface area contributed by atoms with E-state index in [1.54, 1.807) is 15.5 Å². The lowest BCUT2D eigenvalue weighted by atomic mass is 10.2. The molecule has 2 amide bonds. The van der Waals surface area contributed by atoms with Crippen molar-refractivity contribution in [1.82, 2.24) is 19.6 Å². The second-order valence-corrected chi connectivity index (χ2v) is 7.15. The number of pyridine rings is 1. The first kappa shape index (κ1) is 19.6. The Morgan fingerprint density at radius 2 is 1.82 bits per heavy atom. The Morgan fingerprint density at radius 1 is 1.11 bits per heavy atom. The quantitative estimate of drug-likeness (QED) is 0.685. The molecule has 0 aliphatic heterocycles. The highest BCUT2D eigenvalue weighted by atomic mass is 16.2. The van der Waals surface area contributed by atoms with Gasteiger partial charge in [0.2, 0.25) is 5.82 Å². The number of amides is 2. The largest absolute Gasteiger partial charge is 0.349 e. The van der Waals surface area contributed by atoms with E-state index in [0.29, 0.717) is 36.8 Å². The number of imidazole rings is 1. The van der Waals surface area contributed by atoms with Crippen LogP contribution in [0.5, 0.6) is 0 Å². The summed E-state index contributed by atoms with van der Waals surface area (Å²) in [6, 6.07) is 15.3. The molecule has 0 spiro atoms. The summed E-state index contributed by atoms with van der Waals surface area (Å²) in [6.45, 7) is 7.60. The van der Waals surface area contributed by atoms with Gasteiger partial charge < -0.3 is 10.2 Å². The fourth-order valence-corrected chi connectivity index (χ4v) is 3.01. The van der Waals surface area contributed by atoms with Crippen molar-refractivity contribution in [3.63, 3.8) is 0 Å². The Kier molecular flexibility index (Phi) is 6.09. The van der Waals surface area contributed by atoms with Gasteiger partial charge in [-0.25, -0.2) is 4.98 Å². The third-order valence-electron chi connectivity index (χ3n) is 4.51. The van der Waals surface area contributed by atoms with Crippen molar-refractivity contribution in [3.8, 4) is 0 Å². The zero-order valence-corrected chi connectivity index (χ0v) is 16.6. The molecule has 0 unspecified atom stereocenters. The molecule has 0 atom stereocenters. The number of nitrogens with one attached hydrogen (secondary N) is 1. The van der Waals surface area contributed by atoms with Crippen LogP contribution in [0.15, 0.2) is 54.7 Å². The lowest BCUT2D eigenvalue weighted by Gasteiger charge is -2.20. The summed E-state index contributed by atoms with van der Waals surface area (Å²) in [6.07, 6.45) is 1.76. The van der Waals surface area contributed by atoms with E-state index < -0.39 is 0 Å². The zero-order chi connectivity index (χ0) is 20.1. The van der Waals surface area contributed by atoms with E-state index in [4.69, 9.17) is 0 Å². The first-order valence-corrected chi connectivity index (χ1v) is 9.59. The number of nitrogens with zero attached hydrogens (tertiary/aromatic N) is 3. The third kappa shape index (κ3) is 4.22. The van der Waals surface area contributed by atoms with Gasteiger partial charge >= 0.3 is 0 Å². The number of carbonyl (C=O) groups excluding carboxylic acids is 2. The molecule has 0 fully saturated rings. The van der Waals surface area contributed by atoms with Crippen molar-refractivity contribution < 1.29 is 9.59 Å². The van der Waals surface area contributed by atoms with Gasteiger partial charge in [-0.1, -0.05) is 50.2 Å². The van der Waals surface area contributed by atoms with Crippen LogP contribution in [-0.4, -0.2) is 39.2 Å². The highest BCUT2D eigenvalue weighted by Crippen LogP contribution is 2.17. The highest BCUT2D eigenvalue weighted by Gasteiger charge is 2.24. The average molecular weight is 378 g/mol. The summed E-state index contributed by atoms with van der Waals surface area (Å²) in [5, 5.41) is 2.88. The molecular formula is C22H26N4O2. The molecule has 2 heterocycles. The Morgan fingerprint density at radius 3 is 2.50 bits per heavy atom. The van der Waals surface area contributed by atoms with Crippen LogP contribution < -0.4 is 5.32 Å². The number of hydrogen-bond acceptors (Lipinski definition) is 3. The molecule has 28 heavy (non-hydrogen) atoms. The second-order valence-electron chi connectivity index (χ2n) is 7.15. The van der Waals surface area contributed by atoms with Crippen molar-refractivity contribution in [1.29, 1.82) is 0 Å².